The molecule has 0 radical (unpaired) electrons. The van der Waals surface area contributed by atoms with Crippen molar-refractivity contribution in [1.82, 2.24) is 9.55 Å². The van der Waals surface area contributed by atoms with Gasteiger partial charge in [0.05, 0.1) is 6.33 Å². The SMILES string of the molecule is N[C@H]1CCC[C@H]1n1ccnc1. The predicted octanol–water partition coefficient (Wildman–Crippen LogP) is 0.935. The first-order valence-corrected chi connectivity index (χ1v) is 4.11. The summed E-state index contributed by atoms with van der Waals surface area (Å²) in [6.07, 6.45) is 9.28. The zero-order chi connectivity index (χ0) is 7.68. The Balaban J connectivity index is 2.16. The van der Waals surface area contributed by atoms with E-state index in [1.54, 1.807) is 0 Å². The lowest BCUT2D eigenvalue weighted by atomic mass is 10.2. The van der Waals surface area contributed by atoms with Gasteiger partial charge in [-0.3, -0.25) is 0 Å². The Labute approximate surface area is 66.2 Å². The van der Waals surface area contributed by atoms with E-state index in [-0.39, 0.29) is 0 Å². The minimum atomic E-state index is 0.337. The third-order valence-corrected chi connectivity index (χ3v) is 2.44. The minimum absolute atomic E-state index is 0.337. The van der Waals surface area contributed by atoms with Gasteiger partial charge < -0.3 is 10.3 Å². The summed E-state index contributed by atoms with van der Waals surface area (Å²) < 4.78 is 2.12. The molecule has 0 aromatic carbocycles. The molecule has 2 N–H and O–H groups in total. The molecule has 1 aliphatic rings. The van der Waals surface area contributed by atoms with Crippen molar-refractivity contribution in [2.24, 2.45) is 5.73 Å². The molecular weight excluding hydrogens is 138 g/mol. The molecule has 2 atom stereocenters. The summed E-state index contributed by atoms with van der Waals surface area (Å²) in [6.45, 7) is 0. The molecule has 0 saturated heterocycles. The molecule has 0 amide bonds. The average Bonchev–Trinajstić information content (AvgIpc) is 2.55. The Morgan fingerprint density at radius 2 is 2.36 bits per heavy atom. The molecule has 11 heavy (non-hydrogen) atoms. The molecule has 0 unspecified atom stereocenters. The number of hydrogen-bond donors (Lipinski definition) is 1. The van der Waals surface area contributed by atoms with Crippen molar-refractivity contribution in [3.63, 3.8) is 0 Å². The van der Waals surface area contributed by atoms with Crippen LogP contribution in [-0.4, -0.2) is 15.6 Å². The normalized spacial score (nSPS) is 31.0. The summed E-state index contributed by atoms with van der Waals surface area (Å²) in [6, 6.07) is 0.835. The molecular formula is C8H13N3. The van der Waals surface area contributed by atoms with Crippen molar-refractivity contribution in [3.05, 3.63) is 18.7 Å². The third kappa shape index (κ3) is 1.16. The first-order valence-electron chi connectivity index (χ1n) is 4.11. The fourth-order valence-electron chi connectivity index (χ4n) is 1.80. The van der Waals surface area contributed by atoms with Gasteiger partial charge in [-0.2, -0.15) is 0 Å². The van der Waals surface area contributed by atoms with Crippen LogP contribution in [0.25, 0.3) is 0 Å². The number of rotatable bonds is 1. The molecule has 3 heteroatoms. The average molecular weight is 151 g/mol. The molecule has 60 valence electrons. The van der Waals surface area contributed by atoms with Crippen molar-refractivity contribution in [2.75, 3.05) is 0 Å². The van der Waals surface area contributed by atoms with Gasteiger partial charge in [0.2, 0.25) is 0 Å². The van der Waals surface area contributed by atoms with E-state index in [0.29, 0.717) is 12.1 Å². The van der Waals surface area contributed by atoms with E-state index in [4.69, 9.17) is 5.73 Å². The van der Waals surface area contributed by atoms with E-state index in [1.165, 1.54) is 12.8 Å². The Bertz CT molecular complexity index is 217. The van der Waals surface area contributed by atoms with Crippen LogP contribution in [0.1, 0.15) is 25.3 Å². The molecule has 1 heterocycles. The van der Waals surface area contributed by atoms with Crippen LogP contribution in [0.3, 0.4) is 0 Å². The smallest absolute Gasteiger partial charge is 0.0949 e. The maximum absolute atomic E-state index is 5.92. The monoisotopic (exact) mass is 151 g/mol. The van der Waals surface area contributed by atoms with Gasteiger partial charge in [-0.1, -0.05) is 0 Å². The number of hydrogen-bond acceptors (Lipinski definition) is 2. The molecule has 1 aliphatic carbocycles. The van der Waals surface area contributed by atoms with Gasteiger partial charge >= 0.3 is 0 Å². The van der Waals surface area contributed by atoms with Gasteiger partial charge in [0.1, 0.15) is 0 Å². The maximum Gasteiger partial charge on any atom is 0.0949 e. The third-order valence-electron chi connectivity index (χ3n) is 2.44. The lowest BCUT2D eigenvalue weighted by Crippen LogP contribution is -2.26. The number of nitrogens with two attached hydrogens (primary N) is 1. The van der Waals surface area contributed by atoms with Crippen molar-refractivity contribution in [1.29, 1.82) is 0 Å². The Morgan fingerprint density at radius 1 is 1.45 bits per heavy atom. The van der Waals surface area contributed by atoms with Crippen LogP contribution < -0.4 is 5.73 Å². The Hall–Kier alpha value is -0.830. The first-order chi connectivity index (χ1) is 5.38. The van der Waals surface area contributed by atoms with E-state index in [0.717, 1.165) is 6.42 Å². The van der Waals surface area contributed by atoms with E-state index in [2.05, 4.69) is 9.55 Å². The topological polar surface area (TPSA) is 43.8 Å². The number of aromatic nitrogens is 2. The standard InChI is InChI=1S/C8H13N3/c9-7-2-1-3-8(7)11-5-4-10-6-11/h4-8H,1-3,9H2/t7-,8+/m0/s1. The van der Waals surface area contributed by atoms with Crippen molar-refractivity contribution in [2.45, 2.75) is 31.3 Å². The summed E-state index contributed by atoms with van der Waals surface area (Å²) in [7, 11) is 0. The highest BCUT2D eigenvalue weighted by Gasteiger charge is 2.24. The zero-order valence-electron chi connectivity index (χ0n) is 6.48. The van der Waals surface area contributed by atoms with Crippen molar-refractivity contribution < 1.29 is 0 Å². The van der Waals surface area contributed by atoms with Crippen molar-refractivity contribution in [3.8, 4) is 0 Å². The molecule has 1 aromatic rings. The summed E-state index contributed by atoms with van der Waals surface area (Å²) >= 11 is 0. The quantitative estimate of drug-likeness (QED) is 0.649. The number of imidazole rings is 1. The van der Waals surface area contributed by atoms with Gasteiger partial charge in [0, 0.05) is 24.5 Å². The Morgan fingerprint density at radius 3 is 2.91 bits per heavy atom. The molecule has 1 fully saturated rings. The minimum Gasteiger partial charge on any atom is -0.333 e. The fraction of sp³-hybridized carbons (Fsp3) is 0.625. The molecule has 0 spiro atoms. The molecule has 0 aliphatic heterocycles. The van der Waals surface area contributed by atoms with Gasteiger partial charge in [0.15, 0.2) is 0 Å². The summed E-state index contributed by atoms with van der Waals surface area (Å²) in [5.41, 5.74) is 5.92. The summed E-state index contributed by atoms with van der Waals surface area (Å²) in [4.78, 5) is 4.01. The molecule has 0 bridgehead atoms. The molecule has 2 rings (SSSR count). The maximum atomic E-state index is 5.92. The van der Waals surface area contributed by atoms with Gasteiger partial charge in [-0.15, -0.1) is 0 Å². The van der Waals surface area contributed by atoms with E-state index in [9.17, 15) is 0 Å². The Kier molecular flexibility index (Phi) is 1.66. The van der Waals surface area contributed by atoms with E-state index < -0.39 is 0 Å². The van der Waals surface area contributed by atoms with E-state index >= 15 is 0 Å². The highest BCUT2D eigenvalue weighted by molar-refractivity contribution is 4.89. The fourth-order valence-corrected chi connectivity index (χ4v) is 1.80. The predicted molar refractivity (Wildman–Crippen MR) is 43.1 cm³/mol. The van der Waals surface area contributed by atoms with Crippen molar-refractivity contribution >= 4 is 0 Å². The van der Waals surface area contributed by atoms with Crippen LogP contribution in [0.4, 0.5) is 0 Å². The molecule has 1 saturated carbocycles. The lowest BCUT2D eigenvalue weighted by molar-refractivity contribution is 0.462. The van der Waals surface area contributed by atoms with Crippen LogP contribution in [-0.2, 0) is 0 Å². The second-order valence-corrected chi connectivity index (χ2v) is 3.17. The van der Waals surface area contributed by atoms with Gasteiger partial charge in [-0.25, -0.2) is 4.98 Å². The lowest BCUT2D eigenvalue weighted by Gasteiger charge is -2.15. The van der Waals surface area contributed by atoms with Gasteiger partial charge in [-0.05, 0) is 19.3 Å². The zero-order valence-corrected chi connectivity index (χ0v) is 6.48. The largest absolute Gasteiger partial charge is 0.333 e. The van der Waals surface area contributed by atoms with Gasteiger partial charge in [0.25, 0.3) is 0 Å². The van der Waals surface area contributed by atoms with E-state index in [1.807, 2.05) is 18.7 Å². The summed E-state index contributed by atoms with van der Waals surface area (Å²) in [5.74, 6) is 0. The van der Waals surface area contributed by atoms with Crippen LogP contribution in [0.5, 0.6) is 0 Å². The molecule has 3 nitrogen and oxygen atoms in total. The second kappa shape index (κ2) is 2.66. The van der Waals surface area contributed by atoms with Crippen LogP contribution in [0.15, 0.2) is 18.7 Å². The van der Waals surface area contributed by atoms with Crippen LogP contribution in [0, 0.1) is 0 Å². The highest BCUT2D eigenvalue weighted by atomic mass is 15.1. The van der Waals surface area contributed by atoms with Crippen LogP contribution >= 0.6 is 0 Å². The first kappa shape index (κ1) is 6.85. The summed E-state index contributed by atoms with van der Waals surface area (Å²) in [5, 5.41) is 0. The molecule has 1 aromatic heterocycles. The van der Waals surface area contributed by atoms with Crippen LogP contribution in [0.2, 0.25) is 0 Å². The highest BCUT2D eigenvalue weighted by Crippen LogP contribution is 2.27. The second-order valence-electron chi connectivity index (χ2n) is 3.17. The number of nitrogens with zero attached hydrogens (tertiary/aromatic N) is 2.